The third-order valence-corrected chi connectivity index (χ3v) is 4.24. The summed E-state index contributed by atoms with van der Waals surface area (Å²) in [5.74, 6) is 0. The van der Waals surface area contributed by atoms with Crippen LogP contribution in [-0.4, -0.2) is 30.1 Å². The van der Waals surface area contributed by atoms with E-state index in [9.17, 15) is 0 Å². The van der Waals surface area contributed by atoms with Crippen LogP contribution in [0.5, 0.6) is 0 Å². The molecule has 2 heteroatoms. The summed E-state index contributed by atoms with van der Waals surface area (Å²) in [4.78, 5) is 2.62. The Bertz CT molecular complexity index is 354. The van der Waals surface area contributed by atoms with Gasteiger partial charge in [-0.25, -0.2) is 0 Å². The molecule has 1 aromatic rings. The molecule has 1 unspecified atom stereocenters. The number of nitrogens with one attached hydrogen (secondary N) is 1. The molecule has 2 aliphatic rings. The minimum atomic E-state index is 0.451. The first-order valence-corrected chi connectivity index (χ1v) is 6.88. The van der Waals surface area contributed by atoms with Gasteiger partial charge >= 0.3 is 0 Å². The molecule has 1 aromatic carbocycles. The van der Waals surface area contributed by atoms with E-state index in [2.05, 4.69) is 40.5 Å². The van der Waals surface area contributed by atoms with Crippen molar-refractivity contribution in [2.45, 2.75) is 37.8 Å². The maximum absolute atomic E-state index is 3.75. The van der Waals surface area contributed by atoms with E-state index in [0.29, 0.717) is 5.54 Å². The second kappa shape index (κ2) is 4.79. The van der Waals surface area contributed by atoms with Gasteiger partial charge in [-0.1, -0.05) is 30.3 Å². The number of hydrogen-bond acceptors (Lipinski definition) is 2. The van der Waals surface area contributed by atoms with Crippen LogP contribution < -0.4 is 5.32 Å². The van der Waals surface area contributed by atoms with Gasteiger partial charge in [0, 0.05) is 18.6 Å². The van der Waals surface area contributed by atoms with Gasteiger partial charge in [0.05, 0.1) is 0 Å². The van der Waals surface area contributed by atoms with E-state index in [1.54, 1.807) is 0 Å². The van der Waals surface area contributed by atoms with Gasteiger partial charge in [-0.2, -0.15) is 0 Å². The lowest BCUT2D eigenvalue weighted by molar-refractivity contribution is 0.129. The molecule has 1 atom stereocenters. The van der Waals surface area contributed by atoms with E-state index < -0.39 is 0 Å². The van der Waals surface area contributed by atoms with Gasteiger partial charge in [-0.3, -0.25) is 4.90 Å². The van der Waals surface area contributed by atoms with Gasteiger partial charge in [0.25, 0.3) is 0 Å². The summed E-state index contributed by atoms with van der Waals surface area (Å²) in [5, 5.41) is 3.75. The average molecular weight is 230 g/mol. The molecule has 2 heterocycles. The topological polar surface area (TPSA) is 15.3 Å². The Hall–Kier alpha value is -0.860. The summed E-state index contributed by atoms with van der Waals surface area (Å²) in [6.07, 6.45) is 5.45. The molecule has 0 aliphatic carbocycles. The summed E-state index contributed by atoms with van der Waals surface area (Å²) >= 11 is 0. The lowest BCUT2D eigenvalue weighted by Gasteiger charge is -2.40. The van der Waals surface area contributed by atoms with Crippen molar-refractivity contribution in [3.05, 3.63) is 35.9 Å². The van der Waals surface area contributed by atoms with E-state index in [1.807, 2.05) is 0 Å². The first kappa shape index (κ1) is 11.2. The van der Waals surface area contributed by atoms with E-state index in [0.717, 1.165) is 6.54 Å². The molecule has 0 aromatic heterocycles. The average Bonchev–Trinajstić information content (AvgIpc) is 2.79. The van der Waals surface area contributed by atoms with E-state index in [4.69, 9.17) is 0 Å². The van der Waals surface area contributed by atoms with E-state index in [1.165, 1.54) is 50.9 Å². The molecule has 0 radical (unpaired) electrons. The van der Waals surface area contributed by atoms with Crippen LogP contribution in [0.15, 0.2) is 30.3 Å². The molecule has 0 saturated carbocycles. The van der Waals surface area contributed by atoms with Crippen LogP contribution in [0.2, 0.25) is 0 Å². The Labute approximate surface area is 104 Å². The molecular formula is C15H22N2. The third kappa shape index (κ3) is 2.53. The molecule has 17 heavy (non-hydrogen) atoms. The van der Waals surface area contributed by atoms with Gasteiger partial charge < -0.3 is 5.32 Å². The molecule has 3 rings (SSSR count). The van der Waals surface area contributed by atoms with Crippen LogP contribution in [-0.2, 0) is 6.54 Å². The first-order chi connectivity index (χ1) is 8.36. The fraction of sp³-hybridized carbons (Fsp3) is 0.600. The van der Waals surface area contributed by atoms with Crippen molar-refractivity contribution in [1.82, 2.24) is 10.2 Å². The molecule has 2 saturated heterocycles. The zero-order valence-corrected chi connectivity index (χ0v) is 10.5. The lowest BCUT2D eigenvalue weighted by Crippen LogP contribution is -2.53. The van der Waals surface area contributed by atoms with E-state index in [-0.39, 0.29) is 0 Å². The number of hydrogen-bond donors (Lipinski definition) is 1. The van der Waals surface area contributed by atoms with Crippen LogP contribution in [0.4, 0.5) is 0 Å². The highest BCUT2D eigenvalue weighted by Crippen LogP contribution is 2.30. The molecule has 1 spiro atoms. The highest BCUT2D eigenvalue weighted by molar-refractivity contribution is 5.15. The maximum Gasteiger partial charge on any atom is 0.0309 e. The largest absolute Gasteiger partial charge is 0.310 e. The Kier molecular flexibility index (Phi) is 3.17. The highest BCUT2D eigenvalue weighted by atomic mass is 15.2. The minimum Gasteiger partial charge on any atom is -0.310 e. The zero-order chi connectivity index (χ0) is 11.6. The lowest BCUT2D eigenvalue weighted by atomic mass is 9.87. The van der Waals surface area contributed by atoms with Crippen LogP contribution in [0.3, 0.4) is 0 Å². The second-order valence-electron chi connectivity index (χ2n) is 5.61. The van der Waals surface area contributed by atoms with E-state index >= 15 is 0 Å². The van der Waals surface area contributed by atoms with Crippen molar-refractivity contribution in [2.24, 2.45) is 0 Å². The number of rotatable bonds is 2. The summed E-state index contributed by atoms with van der Waals surface area (Å²) in [6, 6.07) is 10.9. The number of nitrogens with zero attached hydrogens (tertiary/aromatic N) is 1. The van der Waals surface area contributed by atoms with Crippen LogP contribution >= 0.6 is 0 Å². The summed E-state index contributed by atoms with van der Waals surface area (Å²) < 4.78 is 0. The summed E-state index contributed by atoms with van der Waals surface area (Å²) in [6.45, 7) is 4.84. The standard InChI is InChI=1S/C15H22N2/c1-2-6-14(7-3-1)12-17-11-5-9-15(13-17)8-4-10-16-15/h1-3,6-7,16H,4-5,8-13H2. The predicted molar refractivity (Wildman–Crippen MR) is 70.9 cm³/mol. The zero-order valence-electron chi connectivity index (χ0n) is 10.5. The van der Waals surface area contributed by atoms with Crippen LogP contribution in [0.1, 0.15) is 31.2 Å². The minimum absolute atomic E-state index is 0.451. The molecule has 0 amide bonds. The predicted octanol–water partition coefficient (Wildman–Crippen LogP) is 2.40. The Morgan fingerprint density at radius 3 is 2.71 bits per heavy atom. The first-order valence-electron chi connectivity index (χ1n) is 6.88. The number of benzene rings is 1. The molecule has 2 aliphatic heterocycles. The van der Waals surface area contributed by atoms with Crippen LogP contribution in [0.25, 0.3) is 0 Å². The third-order valence-electron chi connectivity index (χ3n) is 4.24. The van der Waals surface area contributed by atoms with Gasteiger partial charge in [0.2, 0.25) is 0 Å². The van der Waals surface area contributed by atoms with Gasteiger partial charge in [-0.05, 0) is 44.3 Å². The maximum atomic E-state index is 3.75. The monoisotopic (exact) mass is 230 g/mol. The van der Waals surface area contributed by atoms with Crippen molar-refractivity contribution in [2.75, 3.05) is 19.6 Å². The second-order valence-corrected chi connectivity index (χ2v) is 5.61. The molecule has 92 valence electrons. The highest BCUT2D eigenvalue weighted by Gasteiger charge is 2.37. The molecular weight excluding hydrogens is 208 g/mol. The molecule has 0 bridgehead atoms. The Balaban J connectivity index is 1.64. The smallest absolute Gasteiger partial charge is 0.0309 e. The van der Waals surface area contributed by atoms with Crippen molar-refractivity contribution >= 4 is 0 Å². The van der Waals surface area contributed by atoms with Crippen molar-refractivity contribution in [3.63, 3.8) is 0 Å². The molecule has 1 N–H and O–H groups in total. The van der Waals surface area contributed by atoms with Crippen molar-refractivity contribution < 1.29 is 0 Å². The fourth-order valence-corrected chi connectivity index (χ4v) is 3.42. The Morgan fingerprint density at radius 1 is 1.12 bits per heavy atom. The van der Waals surface area contributed by atoms with Crippen molar-refractivity contribution in [3.8, 4) is 0 Å². The van der Waals surface area contributed by atoms with Gasteiger partial charge in [0.15, 0.2) is 0 Å². The number of piperidine rings is 1. The quantitative estimate of drug-likeness (QED) is 0.839. The van der Waals surface area contributed by atoms with Crippen molar-refractivity contribution in [1.29, 1.82) is 0 Å². The van der Waals surface area contributed by atoms with Gasteiger partial charge in [-0.15, -0.1) is 0 Å². The van der Waals surface area contributed by atoms with Crippen LogP contribution in [0, 0.1) is 0 Å². The SMILES string of the molecule is c1ccc(CN2CCCC3(CCCN3)C2)cc1. The van der Waals surface area contributed by atoms with Gasteiger partial charge in [0.1, 0.15) is 0 Å². The molecule has 2 fully saturated rings. The number of likely N-dealkylation sites (tertiary alicyclic amines) is 1. The normalized spacial score (nSPS) is 29.9. The summed E-state index contributed by atoms with van der Waals surface area (Å²) in [5.41, 5.74) is 1.90. The molecule has 2 nitrogen and oxygen atoms in total. The summed E-state index contributed by atoms with van der Waals surface area (Å²) in [7, 11) is 0. The fourth-order valence-electron chi connectivity index (χ4n) is 3.42. The Morgan fingerprint density at radius 2 is 1.94 bits per heavy atom.